The standard InChI is InChI=1S/C21H23ClN2O2S/c1-14-3-5-18-16(11-20(25)26-21(18)15(14)2)12-23-7-9-24(10-8-23)13-17-4-6-19(22)27-17/h3-6,11H,7-10,12-13H2,1-2H3. The molecule has 0 aliphatic carbocycles. The number of rotatable bonds is 4. The minimum atomic E-state index is -0.264. The third-order valence-corrected chi connectivity index (χ3v) is 6.60. The molecule has 3 aromatic rings. The summed E-state index contributed by atoms with van der Waals surface area (Å²) in [6.07, 6.45) is 0. The van der Waals surface area contributed by atoms with Gasteiger partial charge in [0, 0.05) is 55.6 Å². The first-order chi connectivity index (χ1) is 13.0. The predicted molar refractivity (Wildman–Crippen MR) is 112 cm³/mol. The molecule has 6 heteroatoms. The number of benzene rings is 1. The van der Waals surface area contributed by atoms with Crippen LogP contribution in [0.1, 0.15) is 21.6 Å². The minimum absolute atomic E-state index is 0.264. The largest absolute Gasteiger partial charge is 0.422 e. The van der Waals surface area contributed by atoms with Gasteiger partial charge in [-0.15, -0.1) is 11.3 Å². The Bertz CT molecular complexity index is 1020. The van der Waals surface area contributed by atoms with Gasteiger partial charge in [0.05, 0.1) is 4.34 Å². The highest BCUT2D eigenvalue weighted by Gasteiger charge is 2.19. The van der Waals surface area contributed by atoms with Crippen molar-refractivity contribution in [2.24, 2.45) is 0 Å². The van der Waals surface area contributed by atoms with Crippen LogP contribution < -0.4 is 5.63 Å². The summed E-state index contributed by atoms with van der Waals surface area (Å²) in [6.45, 7) is 9.82. The Morgan fingerprint density at radius 2 is 1.74 bits per heavy atom. The van der Waals surface area contributed by atoms with Crippen LogP contribution in [0.4, 0.5) is 0 Å². The summed E-state index contributed by atoms with van der Waals surface area (Å²) in [6, 6.07) is 9.90. The van der Waals surface area contributed by atoms with Crippen molar-refractivity contribution in [1.29, 1.82) is 0 Å². The SMILES string of the molecule is Cc1ccc2c(CN3CCN(Cc4ccc(Cl)s4)CC3)cc(=O)oc2c1C. The van der Waals surface area contributed by atoms with Gasteiger partial charge in [-0.2, -0.15) is 0 Å². The van der Waals surface area contributed by atoms with Gasteiger partial charge in [-0.25, -0.2) is 4.79 Å². The molecule has 4 nitrogen and oxygen atoms in total. The molecule has 0 spiro atoms. The highest BCUT2D eigenvalue weighted by atomic mass is 35.5. The van der Waals surface area contributed by atoms with E-state index in [0.717, 1.165) is 71.3 Å². The summed E-state index contributed by atoms with van der Waals surface area (Å²) < 4.78 is 6.35. The third-order valence-electron chi connectivity index (χ3n) is 5.38. The molecule has 0 N–H and O–H groups in total. The number of aryl methyl sites for hydroxylation is 2. The molecule has 1 saturated heterocycles. The third kappa shape index (κ3) is 4.11. The molecule has 0 amide bonds. The Hall–Kier alpha value is -1.66. The Kier molecular flexibility index (Phi) is 5.37. The van der Waals surface area contributed by atoms with Gasteiger partial charge in [-0.3, -0.25) is 9.80 Å². The van der Waals surface area contributed by atoms with Crippen LogP contribution in [-0.2, 0) is 13.1 Å². The maximum atomic E-state index is 12.1. The number of hydrogen-bond donors (Lipinski definition) is 0. The van der Waals surface area contributed by atoms with Crippen LogP contribution in [0.3, 0.4) is 0 Å². The first kappa shape index (κ1) is 18.7. The second-order valence-corrected chi connectivity index (χ2v) is 9.03. The number of piperazine rings is 1. The van der Waals surface area contributed by atoms with Crippen LogP contribution >= 0.6 is 22.9 Å². The van der Waals surface area contributed by atoms with E-state index in [2.05, 4.69) is 28.0 Å². The van der Waals surface area contributed by atoms with Crippen molar-refractivity contribution < 1.29 is 4.42 Å². The highest BCUT2D eigenvalue weighted by Crippen LogP contribution is 2.25. The van der Waals surface area contributed by atoms with Crippen LogP contribution in [0.15, 0.2) is 39.5 Å². The van der Waals surface area contributed by atoms with E-state index in [1.165, 1.54) is 4.88 Å². The fourth-order valence-corrected chi connectivity index (χ4v) is 4.79. The number of fused-ring (bicyclic) bond motifs is 1. The molecule has 1 aliphatic heterocycles. The van der Waals surface area contributed by atoms with E-state index in [0.29, 0.717) is 0 Å². The van der Waals surface area contributed by atoms with E-state index in [1.54, 1.807) is 17.4 Å². The van der Waals surface area contributed by atoms with Gasteiger partial charge in [-0.05, 0) is 42.7 Å². The van der Waals surface area contributed by atoms with Crippen molar-refractivity contribution >= 4 is 33.9 Å². The Morgan fingerprint density at radius 3 is 2.41 bits per heavy atom. The molecule has 1 aromatic carbocycles. The lowest BCUT2D eigenvalue weighted by Crippen LogP contribution is -2.45. The second-order valence-electron chi connectivity index (χ2n) is 7.23. The molecule has 1 aliphatic rings. The molecule has 27 heavy (non-hydrogen) atoms. The maximum absolute atomic E-state index is 12.1. The van der Waals surface area contributed by atoms with Crippen LogP contribution in [-0.4, -0.2) is 36.0 Å². The second kappa shape index (κ2) is 7.76. The predicted octanol–water partition coefficient (Wildman–Crippen LogP) is 4.44. The van der Waals surface area contributed by atoms with Crippen LogP contribution in [0.2, 0.25) is 4.34 Å². The number of hydrogen-bond acceptors (Lipinski definition) is 5. The number of thiophene rings is 1. The van der Waals surface area contributed by atoms with Crippen LogP contribution in [0.5, 0.6) is 0 Å². The highest BCUT2D eigenvalue weighted by molar-refractivity contribution is 7.16. The van der Waals surface area contributed by atoms with E-state index in [-0.39, 0.29) is 5.63 Å². The summed E-state index contributed by atoms with van der Waals surface area (Å²) in [5, 5.41) is 1.05. The molecule has 0 atom stereocenters. The zero-order valence-corrected chi connectivity index (χ0v) is 17.2. The molecule has 2 aromatic heterocycles. The lowest BCUT2D eigenvalue weighted by molar-refractivity contribution is 0.123. The minimum Gasteiger partial charge on any atom is -0.422 e. The molecule has 0 bridgehead atoms. The molecule has 142 valence electrons. The molecule has 4 rings (SSSR count). The molecule has 3 heterocycles. The molecular weight excluding hydrogens is 380 g/mol. The van der Waals surface area contributed by atoms with Gasteiger partial charge in [0.2, 0.25) is 0 Å². The summed E-state index contributed by atoms with van der Waals surface area (Å²) in [7, 11) is 0. The molecule has 0 radical (unpaired) electrons. The monoisotopic (exact) mass is 402 g/mol. The summed E-state index contributed by atoms with van der Waals surface area (Å²) in [5.41, 5.74) is 3.71. The normalized spacial score (nSPS) is 16.3. The van der Waals surface area contributed by atoms with Crippen molar-refractivity contribution in [2.45, 2.75) is 26.9 Å². The summed E-state index contributed by atoms with van der Waals surface area (Å²) in [5.74, 6) is 0. The van der Waals surface area contributed by atoms with Crippen molar-refractivity contribution in [2.75, 3.05) is 26.2 Å². The van der Waals surface area contributed by atoms with Gasteiger partial charge < -0.3 is 4.42 Å². The van der Waals surface area contributed by atoms with E-state index >= 15 is 0 Å². The van der Waals surface area contributed by atoms with E-state index < -0.39 is 0 Å². The van der Waals surface area contributed by atoms with Gasteiger partial charge in [0.25, 0.3) is 0 Å². The van der Waals surface area contributed by atoms with Crippen molar-refractivity contribution in [3.8, 4) is 0 Å². The maximum Gasteiger partial charge on any atom is 0.336 e. The number of halogens is 1. The van der Waals surface area contributed by atoms with E-state index in [9.17, 15) is 4.79 Å². The first-order valence-electron chi connectivity index (χ1n) is 9.21. The van der Waals surface area contributed by atoms with Gasteiger partial charge in [-0.1, -0.05) is 23.7 Å². The lowest BCUT2D eigenvalue weighted by Gasteiger charge is -2.34. The summed E-state index contributed by atoms with van der Waals surface area (Å²) >= 11 is 7.69. The van der Waals surface area contributed by atoms with E-state index in [4.69, 9.17) is 16.0 Å². The molecule has 0 unspecified atom stereocenters. The Morgan fingerprint density at radius 1 is 1.04 bits per heavy atom. The smallest absolute Gasteiger partial charge is 0.336 e. The fraction of sp³-hybridized carbons (Fsp3) is 0.381. The van der Waals surface area contributed by atoms with Crippen molar-refractivity contribution in [1.82, 2.24) is 9.80 Å². The quantitative estimate of drug-likeness (QED) is 0.604. The average molecular weight is 403 g/mol. The Labute approximate surface area is 168 Å². The van der Waals surface area contributed by atoms with Crippen molar-refractivity contribution in [3.05, 3.63) is 66.7 Å². The van der Waals surface area contributed by atoms with E-state index in [1.807, 2.05) is 19.9 Å². The van der Waals surface area contributed by atoms with Crippen LogP contribution in [0.25, 0.3) is 11.0 Å². The van der Waals surface area contributed by atoms with Gasteiger partial charge in [0.1, 0.15) is 5.58 Å². The summed E-state index contributed by atoms with van der Waals surface area (Å²) in [4.78, 5) is 18.3. The van der Waals surface area contributed by atoms with Crippen LogP contribution in [0, 0.1) is 13.8 Å². The molecule has 1 fully saturated rings. The fourth-order valence-electron chi connectivity index (χ4n) is 3.66. The number of nitrogens with zero attached hydrogens (tertiary/aromatic N) is 2. The zero-order valence-electron chi connectivity index (χ0n) is 15.6. The Balaban J connectivity index is 1.46. The molecule has 0 saturated carbocycles. The van der Waals surface area contributed by atoms with Crippen molar-refractivity contribution in [3.63, 3.8) is 0 Å². The first-order valence-corrected chi connectivity index (χ1v) is 10.4. The van der Waals surface area contributed by atoms with Gasteiger partial charge >= 0.3 is 5.63 Å². The zero-order chi connectivity index (χ0) is 19.0. The molecular formula is C21H23ClN2O2S. The van der Waals surface area contributed by atoms with Gasteiger partial charge in [0.15, 0.2) is 0 Å². The average Bonchev–Trinajstić information content (AvgIpc) is 3.05. The topological polar surface area (TPSA) is 36.7 Å². The lowest BCUT2D eigenvalue weighted by atomic mass is 10.0.